The Bertz CT molecular complexity index is 839. The summed E-state index contributed by atoms with van der Waals surface area (Å²) in [5, 5.41) is 0.606. The quantitative estimate of drug-likeness (QED) is 0.895. The highest BCUT2D eigenvalue weighted by atomic mass is 35.5. The van der Waals surface area contributed by atoms with Crippen LogP contribution in [0.5, 0.6) is 0 Å². The second-order valence-corrected chi connectivity index (χ2v) is 7.37. The molecule has 2 aromatic rings. The molecule has 2 N–H and O–H groups in total. The molecule has 1 aliphatic rings. The normalized spacial score (nSPS) is 16.5. The Kier molecular flexibility index (Phi) is 5.79. The van der Waals surface area contributed by atoms with Gasteiger partial charge in [-0.3, -0.25) is 9.59 Å². The molecule has 1 unspecified atom stereocenters. The smallest absolute Gasteiger partial charge is 0.255 e. The van der Waals surface area contributed by atoms with Gasteiger partial charge in [-0.05, 0) is 43.4 Å². The van der Waals surface area contributed by atoms with Gasteiger partial charge >= 0.3 is 0 Å². The number of amides is 1. The van der Waals surface area contributed by atoms with Crippen molar-refractivity contribution in [2.45, 2.75) is 32.4 Å². The van der Waals surface area contributed by atoms with E-state index in [4.69, 9.17) is 17.3 Å². The lowest BCUT2D eigenvalue weighted by molar-refractivity contribution is 0.0680. The fourth-order valence-corrected chi connectivity index (χ4v) is 3.60. The third kappa shape index (κ3) is 4.17. The van der Waals surface area contributed by atoms with Crippen LogP contribution in [0.1, 0.15) is 35.7 Å². The predicted octanol–water partition coefficient (Wildman–Crippen LogP) is 2.75. The summed E-state index contributed by atoms with van der Waals surface area (Å²) in [6.07, 6.45) is 3.47. The number of halogens is 1. The van der Waals surface area contributed by atoms with Crippen molar-refractivity contribution in [3.05, 3.63) is 69.1 Å². The SMILES string of the molecule is CC(N)C1CCN(C(=O)c2ccc(=O)n(Cc3ccccc3Cl)c2)CC1. The van der Waals surface area contributed by atoms with Crippen LogP contribution in [0.15, 0.2) is 47.4 Å². The molecule has 1 atom stereocenters. The van der Waals surface area contributed by atoms with E-state index in [-0.39, 0.29) is 17.5 Å². The Morgan fingerprint density at radius 3 is 2.58 bits per heavy atom. The summed E-state index contributed by atoms with van der Waals surface area (Å²) in [5.41, 5.74) is 7.18. The lowest BCUT2D eigenvalue weighted by Gasteiger charge is -2.33. The van der Waals surface area contributed by atoms with E-state index in [9.17, 15) is 9.59 Å². The number of likely N-dealkylation sites (tertiary alicyclic amines) is 1. The molecule has 138 valence electrons. The zero-order valence-electron chi connectivity index (χ0n) is 14.9. The van der Waals surface area contributed by atoms with Crippen molar-refractivity contribution in [2.75, 3.05) is 13.1 Å². The van der Waals surface area contributed by atoms with Crippen molar-refractivity contribution >= 4 is 17.5 Å². The largest absolute Gasteiger partial charge is 0.339 e. The number of carbonyl (C=O) groups excluding carboxylic acids is 1. The number of aromatic nitrogens is 1. The molecule has 0 saturated carbocycles. The number of pyridine rings is 1. The van der Waals surface area contributed by atoms with Crippen LogP contribution in [0, 0.1) is 5.92 Å². The maximum atomic E-state index is 12.8. The zero-order valence-corrected chi connectivity index (χ0v) is 15.7. The van der Waals surface area contributed by atoms with Crippen LogP contribution in [0.3, 0.4) is 0 Å². The minimum absolute atomic E-state index is 0.0407. The number of hydrogen-bond acceptors (Lipinski definition) is 3. The first-order valence-corrected chi connectivity index (χ1v) is 9.32. The highest BCUT2D eigenvalue weighted by Gasteiger charge is 2.25. The van der Waals surface area contributed by atoms with Crippen molar-refractivity contribution in [2.24, 2.45) is 11.7 Å². The molecule has 1 aliphatic heterocycles. The molecule has 1 saturated heterocycles. The number of rotatable bonds is 4. The van der Waals surface area contributed by atoms with Crippen LogP contribution >= 0.6 is 11.6 Å². The highest BCUT2D eigenvalue weighted by molar-refractivity contribution is 6.31. The summed E-state index contributed by atoms with van der Waals surface area (Å²) in [4.78, 5) is 26.8. The number of hydrogen-bond donors (Lipinski definition) is 1. The predicted molar refractivity (Wildman–Crippen MR) is 104 cm³/mol. The molecule has 6 heteroatoms. The number of nitrogens with two attached hydrogens (primary N) is 1. The summed E-state index contributed by atoms with van der Waals surface area (Å²) < 4.78 is 1.53. The van der Waals surface area contributed by atoms with Crippen LogP contribution in [0.25, 0.3) is 0 Å². The van der Waals surface area contributed by atoms with Gasteiger partial charge in [-0.25, -0.2) is 0 Å². The Morgan fingerprint density at radius 2 is 1.92 bits per heavy atom. The van der Waals surface area contributed by atoms with Gasteiger partial charge in [0.2, 0.25) is 0 Å². The van der Waals surface area contributed by atoms with Gasteiger partial charge in [0.15, 0.2) is 0 Å². The van der Waals surface area contributed by atoms with Gasteiger partial charge in [0, 0.05) is 36.4 Å². The molecular weight excluding hydrogens is 350 g/mol. The van der Waals surface area contributed by atoms with Gasteiger partial charge in [0.05, 0.1) is 12.1 Å². The van der Waals surface area contributed by atoms with Gasteiger partial charge in [-0.15, -0.1) is 0 Å². The van der Waals surface area contributed by atoms with Gasteiger partial charge < -0.3 is 15.2 Å². The molecule has 5 nitrogen and oxygen atoms in total. The fraction of sp³-hybridized carbons (Fsp3) is 0.400. The Hall–Kier alpha value is -2.11. The van der Waals surface area contributed by atoms with Crippen LogP contribution in [0.2, 0.25) is 5.02 Å². The molecule has 2 heterocycles. The van der Waals surface area contributed by atoms with Gasteiger partial charge in [-0.1, -0.05) is 29.8 Å². The second kappa shape index (κ2) is 8.06. The summed E-state index contributed by atoms with van der Waals surface area (Å²) in [6.45, 7) is 3.77. The standard InChI is InChI=1S/C20H24ClN3O2/c1-14(22)15-8-10-23(11-9-15)20(26)17-6-7-19(25)24(13-17)12-16-4-2-3-5-18(16)21/h2-7,13-15H,8-12,22H2,1H3. The molecule has 1 aromatic heterocycles. The maximum Gasteiger partial charge on any atom is 0.255 e. The molecule has 1 fully saturated rings. The molecule has 0 bridgehead atoms. The van der Waals surface area contributed by atoms with Gasteiger partial charge in [-0.2, -0.15) is 0 Å². The topological polar surface area (TPSA) is 68.3 Å². The summed E-state index contributed by atoms with van der Waals surface area (Å²) in [7, 11) is 0. The van der Waals surface area contributed by atoms with Crippen LogP contribution in [-0.4, -0.2) is 34.5 Å². The van der Waals surface area contributed by atoms with Gasteiger partial charge in [0.1, 0.15) is 0 Å². The first-order chi connectivity index (χ1) is 12.5. The third-order valence-electron chi connectivity index (χ3n) is 5.10. The zero-order chi connectivity index (χ0) is 18.7. The lowest BCUT2D eigenvalue weighted by Crippen LogP contribution is -2.42. The molecule has 26 heavy (non-hydrogen) atoms. The van der Waals surface area contributed by atoms with Crippen LogP contribution < -0.4 is 11.3 Å². The van der Waals surface area contributed by atoms with E-state index in [0.29, 0.717) is 36.1 Å². The van der Waals surface area contributed by atoms with E-state index < -0.39 is 0 Å². The Morgan fingerprint density at radius 1 is 1.23 bits per heavy atom. The average Bonchev–Trinajstić information content (AvgIpc) is 2.65. The number of carbonyl (C=O) groups is 1. The summed E-state index contributed by atoms with van der Waals surface area (Å²) in [5.74, 6) is 0.425. The number of piperidine rings is 1. The minimum Gasteiger partial charge on any atom is -0.339 e. The van der Waals surface area contributed by atoms with Crippen molar-refractivity contribution in [3.63, 3.8) is 0 Å². The van der Waals surface area contributed by atoms with Gasteiger partial charge in [0.25, 0.3) is 11.5 Å². The van der Waals surface area contributed by atoms with E-state index in [1.165, 1.54) is 10.6 Å². The fourth-order valence-electron chi connectivity index (χ4n) is 3.40. The minimum atomic E-state index is -0.155. The van der Waals surface area contributed by atoms with Crippen molar-refractivity contribution in [1.29, 1.82) is 0 Å². The maximum absolute atomic E-state index is 12.8. The molecule has 1 amide bonds. The highest BCUT2D eigenvalue weighted by Crippen LogP contribution is 2.21. The van der Waals surface area contributed by atoms with Crippen LogP contribution in [0.4, 0.5) is 0 Å². The van der Waals surface area contributed by atoms with Crippen molar-refractivity contribution in [3.8, 4) is 0 Å². The van der Waals surface area contributed by atoms with E-state index in [1.807, 2.05) is 30.0 Å². The summed E-state index contributed by atoms with van der Waals surface area (Å²) >= 11 is 6.19. The molecule has 0 radical (unpaired) electrons. The van der Waals surface area contributed by atoms with E-state index >= 15 is 0 Å². The first kappa shape index (κ1) is 18.7. The molecule has 3 rings (SSSR count). The lowest BCUT2D eigenvalue weighted by atomic mass is 9.91. The van der Waals surface area contributed by atoms with Crippen LogP contribution in [-0.2, 0) is 6.54 Å². The monoisotopic (exact) mass is 373 g/mol. The molecule has 0 spiro atoms. The van der Waals surface area contributed by atoms with E-state index in [1.54, 1.807) is 18.3 Å². The molecule has 0 aliphatic carbocycles. The molecular formula is C20H24ClN3O2. The Balaban J connectivity index is 1.76. The van der Waals surface area contributed by atoms with E-state index in [2.05, 4.69) is 0 Å². The number of benzene rings is 1. The van der Waals surface area contributed by atoms with Crippen molar-refractivity contribution in [1.82, 2.24) is 9.47 Å². The average molecular weight is 374 g/mol. The third-order valence-corrected chi connectivity index (χ3v) is 5.47. The number of nitrogens with zero attached hydrogens (tertiary/aromatic N) is 2. The second-order valence-electron chi connectivity index (χ2n) is 6.96. The first-order valence-electron chi connectivity index (χ1n) is 8.94. The van der Waals surface area contributed by atoms with Crippen molar-refractivity contribution < 1.29 is 4.79 Å². The summed E-state index contributed by atoms with van der Waals surface area (Å²) in [6, 6.07) is 10.6. The van der Waals surface area contributed by atoms with E-state index in [0.717, 1.165) is 18.4 Å². The Labute approximate surface area is 158 Å². The molecule has 1 aromatic carbocycles.